The minimum absolute atomic E-state index is 0.0185. The lowest BCUT2D eigenvalue weighted by atomic mass is 10.2. The predicted octanol–water partition coefficient (Wildman–Crippen LogP) is -0.388. The molecule has 0 aromatic heterocycles. The Bertz CT molecular complexity index is 47.0. The largest absolute Gasteiger partial charge is 0.326 e. The first-order valence-corrected chi connectivity index (χ1v) is 2.29. The van der Waals surface area contributed by atoms with Crippen LogP contribution in [0.15, 0.2) is 0 Å². The molecule has 2 unspecified atom stereocenters. The zero-order chi connectivity index (χ0) is 5.86. The molecule has 0 aromatic carbocycles. The molecular formula is C4H12N2O. The van der Waals surface area contributed by atoms with E-state index >= 15 is 0 Å². The summed E-state index contributed by atoms with van der Waals surface area (Å²) in [5.41, 5.74) is 5.34. The quantitative estimate of drug-likeness (QED) is 0.469. The fourth-order valence-corrected chi connectivity index (χ4v) is 0.124. The lowest BCUT2D eigenvalue weighted by molar-refractivity contribution is 0.0524. The normalized spacial score (nSPS) is 18.9. The van der Waals surface area contributed by atoms with Crippen molar-refractivity contribution in [3.8, 4) is 0 Å². The lowest BCUT2D eigenvalue weighted by Crippen LogP contribution is -2.33. The van der Waals surface area contributed by atoms with E-state index in [2.05, 4.69) is 4.84 Å². The molecule has 2 atom stereocenters. The first kappa shape index (κ1) is 6.88. The van der Waals surface area contributed by atoms with Gasteiger partial charge in [0.1, 0.15) is 0 Å². The molecule has 3 nitrogen and oxygen atoms in total. The second-order valence-electron chi connectivity index (χ2n) is 1.70. The van der Waals surface area contributed by atoms with E-state index in [9.17, 15) is 0 Å². The minimum atomic E-state index is -0.0417. The molecule has 0 aromatic rings. The van der Waals surface area contributed by atoms with E-state index in [1.54, 1.807) is 0 Å². The van der Waals surface area contributed by atoms with Gasteiger partial charge < -0.3 is 5.73 Å². The number of hydrogen-bond acceptors (Lipinski definition) is 3. The van der Waals surface area contributed by atoms with Gasteiger partial charge in [-0.3, -0.25) is 4.84 Å². The summed E-state index contributed by atoms with van der Waals surface area (Å²) in [6.45, 7) is 3.67. The number of rotatable bonds is 2. The van der Waals surface area contributed by atoms with E-state index in [-0.39, 0.29) is 12.1 Å². The Morgan fingerprint density at radius 3 is 1.86 bits per heavy atom. The van der Waals surface area contributed by atoms with Crippen LogP contribution in [0.3, 0.4) is 0 Å². The van der Waals surface area contributed by atoms with Crippen LogP contribution < -0.4 is 11.6 Å². The summed E-state index contributed by atoms with van der Waals surface area (Å²) < 4.78 is 0. The number of nitrogens with two attached hydrogens (primary N) is 2. The molecule has 0 rings (SSSR count). The van der Waals surface area contributed by atoms with Crippen LogP contribution in [0.25, 0.3) is 0 Å². The zero-order valence-corrected chi connectivity index (χ0v) is 4.72. The Labute approximate surface area is 43.6 Å². The maximum absolute atomic E-state index is 5.34. The summed E-state index contributed by atoms with van der Waals surface area (Å²) in [4.78, 5) is 4.39. The molecule has 44 valence electrons. The van der Waals surface area contributed by atoms with Crippen LogP contribution in [0.4, 0.5) is 0 Å². The van der Waals surface area contributed by atoms with Crippen molar-refractivity contribution in [1.29, 1.82) is 0 Å². The highest BCUT2D eigenvalue weighted by molar-refractivity contribution is 4.59. The van der Waals surface area contributed by atoms with Gasteiger partial charge in [0.15, 0.2) is 0 Å². The Kier molecular flexibility index (Phi) is 2.91. The van der Waals surface area contributed by atoms with Crippen LogP contribution in [-0.2, 0) is 4.84 Å². The average Bonchev–Trinajstić information content (AvgIpc) is 1.65. The number of hydrogen-bond donors (Lipinski definition) is 2. The summed E-state index contributed by atoms with van der Waals surface area (Å²) >= 11 is 0. The first-order valence-electron chi connectivity index (χ1n) is 2.29. The van der Waals surface area contributed by atoms with Gasteiger partial charge in [0.25, 0.3) is 0 Å². The van der Waals surface area contributed by atoms with E-state index in [4.69, 9.17) is 11.6 Å². The van der Waals surface area contributed by atoms with Crippen molar-refractivity contribution in [3.63, 3.8) is 0 Å². The van der Waals surface area contributed by atoms with Crippen LogP contribution in [0.5, 0.6) is 0 Å². The molecule has 0 saturated carbocycles. The molecule has 3 heteroatoms. The van der Waals surface area contributed by atoms with Crippen molar-refractivity contribution in [1.82, 2.24) is 0 Å². The summed E-state index contributed by atoms with van der Waals surface area (Å²) in [6, 6.07) is 0.0185. The molecule has 4 N–H and O–H groups in total. The molecule has 0 aliphatic heterocycles. The molecule has 0 radical (unpaired) electrons. The SMILES string of the molecule is CC(N)C(C)ON. The monoisotopic (exact) mass is 104 g/mol. The van der Waals surface area contributed by atoms with Crippen molar-refractivity contribution in [3.05, 3.63) is 0 Å². The topological polar surface area (TPSA) is 61.3 Å². The summed E-state index contributed by atoms with van der Waals surface area (Å²) in [5, 5.41) is 0. The van der Waals surface area contributed by atoms with Gasteiger partial charge in [0.05, 0.1) is 6.10 Å². The maximum Gasteiger partial charge on any atom is 0.0907 e. The Hall–Kier alpha value is -0.120. The van der Waals surface area contributed by atoms with E-state index in [1.165, 1.54) is 0 Å². The van der Waals surface area contributed by atoms with Gasteiger partial charge in [-0.25, -0.2) is 5.90 Å². The predicted molar refractivity (Wildman–Crippen MR) is 28.4 cm³/mol. The van der Waals surface area contributed by atoms with Crippen LogP contribution in [0, 0.1) is 0 Å². The second-order valence-corrected chi connectivity index (χ2v) is 1.70. The lowest BCUT2D eigenvalue weighted by Gasteiger charge is -2.10. The standard InChI is InChI=1S/C4H12N2O/c1-3(5)4(2)7-6/h3-4H,5-6H2,1-2H3. The fraction of sp³-hybridized carbons (Fsp3) is 1.00. The highest BCUT2D eigenvalue weighted by Gasteiger charge is 2.03. The van der Waals surface area contributed by atoms with Crippen molar-refractivity contribution < 1.29 is 4.84 Å². The smallest absolute Gasteiger partial charge is 0.0907 e. The van der Waals surface area contributed by atoms with Gasteiger partial charge in [-0.15, -0.1) is 0 Å². The van der Waals surface area contributed by atoms with Gasteiger partial charge in [-0.05, 0) is 13.8 Å². The maximum atomic E-state index is 5.34. The first-order chi connectivity index (χ1) is 3.18. The highest BCUT2D eigenvalue weighted by Crippen LogP contribution is 1.87. The third-order valence-corrected chi connectivity index (χ3v) is 0.955. The molecule has 0 aliphatic carbocycles. The van der Waals surface area contributed by atoms with Gasteiger partial charge in [-0.2, -0.15) is 0 Å². The van der Waals surface area contributed by atoms with Crippen LogP contribution in [0.2, 0.25) is 0 Å². The third kappa shape index (κ3) is 2.56. The van der Waals surface area contributed by atoms with Crippen molar-refractivity contribution >= 4 is 0 Å². The van der Waals surface area contributed by atoms with Crippen LogP contribution in [0.1, 0.15) is 13.8 Å². The van der Waals surface area contributed by atoms with Crippen molar-refractivity contribution in [2.75, 3.05) is 0 Å². The molecule has 0 heterocycles. The van der Waals surface area contributed by atoms with E-state index in [0.717, 1.165) is 0 Å². The molecule has 0 amide bonds. The van der Waals surface area contributed by atoms with E-state index < -0.39 is 0 Å². The van der Waals surface area contributed by atoms with Crippen LogP contribution in [-0.4, -0.2) is 12.1 Å². The molecule has 0 fully saturated rings. The molecule has 0 saturated heterocycles. The Balaban J connectivity index is 3.14. The van der Waals surface area contributed by atoms with Gasteiger partial charge in [0, 0.05) is 6.04 Å². The highest BCUT2D eigenvalue weighted by atomic mass is 16.6. The molecule has 7 heavy (non-hydrogen) atoms. The van der Waals surface area contributed by atoms with Gasteiger partial charge >= 0.3 is 0 Å². The van der Waals surface area contributed by atoms with Crippen molar-refractivity contribution in [2.24, 2.45) is 11.6 Å². The van der Waals surface area contributed by atoms with Crippen LogP contribution >= 0.6 is 0 Å². The Morgan fingerprint density at radius 1 is 1.43 bits per heavy atom. The third-order valence-electron chi connectivity index (χ3n) is 0.955. The molecule has 0 spiro atoms. The summed E-state index contributed by atoms with van der Waals surface area (Å²) in [6.07, 6.45) is -0.0417. The summed E-state index contributed by atoms with van der Waals surface area (Å²) in [5.74, 6) is 4.79. The molecule has 0 bridgehead atoms. The van der Waals surface area contributed by atoms with Crippen molar-refractivity contribution in [2.45, 2.75) is 26.0 Å². The van der Waals surface area contributed by atoms with E-state index in [0.29, 0.717) is 0 Å². The Morgan fingerprint density at radius 2 is 1.86 bits per heavy atom. The van der Waals surface area contributed by atoms with E-state index in [1.807, 2.05) is 13.8 Å². The molecular weight excluding hydrogens is 92.1 g/mol. The van der Waals surface area contributed by atoms with Gasteiger partial charge in [0.2, 0.25) is 0 Å². The van der Waals surface area contributed by atoms with Gasteiger partial charge in [-0.1, -0.05) is 0 Å². The fourth-order valence-electron chi connectivity index (χ4n) is 0.124. The summed E-state index contributed by atoms with van der Waals surface area (Å²) in [7, 11) is 0. The second kappa shape index (κ2) is 2.96. The average molecular weight is 104 g/mol. The zero-order valence-electron chi connectivity index (χ0n) is 4.72. The molecule has 0 aliphatic rings. The minimum Gasteiger partial charge on any atom is -0.326 e.